The van der Waals surface area contributed by atoms with Crippen LogP contribution in [0, 0.1) is 5.92 Å². The molecule has 3 rings (SSSR count). The molecule has 2 unspecified atom stereocenters. The van der Waals surface area contributed by atoms with Crippen LogP contribution < -0.4 is 4.74 Å². The maximum Gasteiger partial charge on any atom is 0.308 e. The molecule has 2 aromatic rings. The summed E-state index contributed by atoms with van der Waals surface area (Å²) in [7, 11) is 1.48. The van der Waals surface area contributed by atoms with Gasteiger partial charge in [0.2, 0.25) is 0 Å². The number of carboxylic acids is 1. The van der Waals surface area contributed by atoms with Crippen LogP contribution in [0.4, 0.5) is 0 Å². The predicted molar refractivity (Wildman–Crippen MR) is 94.2 cm³/mol. The minimum atomic E-state index is -0.901. The highest BCUT2D eigenvalue weighted by atomic mass is 35.5. The molecule has 5 nitrogen and oxygen atoms in total. The minimum absolute atomic E-state index is 0.156. The van der Waals surface area contributed by atoms with Gasteiger partial charge < -0.3 is 14.7 Å². The Morgan fingerprint density at radius 1 is 1.16 bits per heavy atom. The number of hydrogen-bond acceptors (Lipinski definition) is 3. The van der Waals surface area contributed by atoms with Gasteiger partial charge in [-0.15, -0.1) is 0 Å². The lowest BCUT2D eigenvalue weighted by molar-refractivity contribution is -0.141. The Labute approximate surface area is 150 Å². The zero-order valence-electron chi connectivity index (χ0n) is 13.7. The van der Waals surface area contributed by atoms with Crippen molar-refractivity contribution in [3.63, 3.8) is 0 Å². The minimum Gasteiger partial charge on any atom is -0.496 e. The van der Waals surface area contributed by atoms with E-state index < -0.39 is 11.9 Å². The summed E-state index contributed by atoms with van der Waals surface area (Å²) in [6.45, 7) is 0.499. The third-order valence-corrected chi connectivity index (χ3v) is 4.78. The van der Waals surface area contributed by atoms with E-state index in [0.717, 1.165) is 5.56 Å². The maximum absolute atomic E-state index is 12.9. The molecular formula is C19H18ClNO4. The Morgan fingerprint density at radius 3 is 2.52 bits per heavy atom. The molecule has 0 spiro atoms. The fourth-order valence-corrected chi connectivity index (χ4v) is 3.45. The van der Waals surface area contributed by atoms with Gasteiger partial charge in [0, 0.05) is 24.0 Å². The highest BCUT2D eigenvalue weighted by Gasteiger charge is 2.41. The highest BCUT2D eigenvalue weighted by molar-refractivity contribution is 6.31. The van der Waals surface area contributed by atoms with E-state index >= 15 is 0 Å². The Balaban J connectivity index is 1.90. The number of ether oxygens (including phenoxy) is 1. The second-order valence-electron chi connectivity index (χ2n) is 6.02. The first-order valence-electron chi connectivity index (χ1n) is 7.92. The van der Waals surface area contributed by atoms with Gasteiger partial charge in [0.1, 0.15) is 5.75 Å². The van der Waals surface area contributed by atoms with Crippen molar-refractivity contribution in [3.8, 4) is 5.75 Å². The van der Waals surface area contributed by atoms with Crippen LogP contribution in [0.15, 0.2) is 48.5 Å². The van der Waals surface area contributed by atoms with Gasteiger partial charge in [-0.05, 0) is 23.8 Å². The molecule has 1 aliphatic heterocycles. The van der Waals surface area contributed by atoms with E-state index in [1.807, 2.05) is 30.3 Å². The quantitative estimate of drug-likeness (QED) is 0.909. The molecular weight excluding hydrogens is 342 g/mol. The molecule has 130 valence electrons. The molecule has 1 amide bonds. The number of carbonyl (C=O) groups is 2. The monoisotopic (exact) mass is 359 g/mol. The zero-order valence-corrected chi connectivity index (χ0v) is 14.4. The molecule has 25 heavy (non-hydrogen) atoms. The van der Waals surface area contributed by atoms with Crippen LogP contribution in [0.25, 0.3) is 0 Å². The highest BCUT2D eigenvalue weighted by Crippen LogP contribution is 2.35. The first-order valence-corrected chi connectivity index (χ1v) is 8.29. The van der Waals surface area contributed by atoms with Crippen molar-refractivity contribution >= 4 is 23.5 Å². The maximum atomic E-state index is 12.9. The fraction of sp³-hybridized carbons (Fsp3) is 0.263. The van der Waals surface area contributed by atoms with Crippen molar-refractivity contribution in [2.24, 2.45) is 5.92 Å². The van der Waals surface area contributed by atoms with Crippen LogP contribution in [0.2, 0.25) is 5.02 Å². The summed E-state index contributed by atoms with van der Waals surface area (Å²) in [6, 6.07) is 14.3. The van der Waals surface area contributed by atoms with Crippen LogP contribution >= 0.6 is 11.6 Å². The van der Waals surface area contributed by atoms with Crippen LogP contribution in [0.3, 0.4) is 0 Å². The Hall–Kier alpha value is -2.53. The lowest BCUT2D eigenvalue weighted by atomic mass is 9.89. The van der Waals surface area contributed by atoms with Crippen molar-refractivity contribution < 1.29 is 19.4 Å². The van der Waals surface area contributed by atoms with E-state index in [2.05, 4.69) is 0 Å². The summed E-state index contributed by atoms with van der Waals surface area (Å²) in [5.41, 5.74) is 1.26. The van der Waals surface area contributed by atoms with E-state index in [4.69, 9.17) is 16.3 Å². The lowest BCUT2D eigenvalue weighted by Gasteiger charge is -2.18. The molecule has 1 aliphatic rings. The average molecular weight is 360 g/mol. The molecule has 1 N–H and O–H groups in total. The van der Waals surface area contributed by atoms with E-state index in [-0.39, 0.29) is 18.4 Å². The predicted octanol–water partition coefficient (Wildman–Crippen LogP) is 3.29. The molecule has 0 bridgehead atoms. The molecule has 0 aromatic heterocycles. The smallest absolute Gasteiger partial charge is 0.308 e. The van der Waals surface area contributed by atoms with E-state index in [1.54, 1.807) is 23.1 Å². The van der Waals surface area contributed by atoms with Gasteiger partial charge in [-0.1, -0.05) is 41.9 Å². The number of carboxylic acid groups (broad SMARTS) is 1. The average Bonchev–Trinajstić information content (AvgIpc) is 3.07. The van der Waals surface area contributed by atoms with Crippen molar-refractivity contribution in [2.45, 2.75) is 5.92 Å². The largest absolute Gasteiger partial charge is 0.496 e. The van der Waals surface area contributed by atoms with Crippen molar-refractivity contribution in [1.29, 1.82) is 0 Å². The number of aliphatic carboxylic acids is 1. The Morgan fingerprint density at radius 2 is 1.88 bits per heavy atom. The number of likely N-dealkylation sites (tertiary alicyclic amines) is 1. The van der Waals surface area contributed by atoms with E-state index in [9.17, 15) is 14.7 Å². The standard InChI is InChI=1S/C19H18ClNO4/c1-25-17-8-7-13(20)9-14(17)18(22)21-10-15(16(11-21)19(23)24)12-5-3-2-4-6-12/h2-9,15-16H,10-11H2,1H3,(H,23,24). The molecule has 1 heterocycles. The van der Waals surface area contributed by atoms with Gasteiger partial charge in [-0.25, -0.2) is 0 Å². The number of methoxy groups -OCH3 is 1. The Bertz CT molecular complexity index is 793. The van der Waals surface area contributed by atoms with Crippen LogP contribution in [0.5, 0.6) is 5.75 Å². The number of nitrogens with zero attached hydrogens (tertiary/aromatic N) is 1. The molecule has 0 radical (unpaired) electrons. The van der Waals surface area contributed by atoms with Gasteiger partial charge in [-0.2, -0.15) is 0 Å². The second kappa shape index (κ2) is 7.15. The van der Waals surface area contributed by atoms with Gasteiger partial charge in [0.05, 0.1) is 18.6 Å². The normalized spacial score (nSPS) is 19.7. The van der Waals surface area contributed by atoms with Gasteiger partial charge >= 0.3 is 5.97 Å². The van der Waals surface area contributed by atoms with Gasteiger partial charge in [0.15, 0.2) is 0 Å². The Kier molecular flexibility index (Phi) is 4.95. The zero-order chi connectivity index (χ0) is 18.0. The van der Waals surface area contributed by atoms with Gasteiger partial charge in [0.25, 0.3) is 5.91 Å². The number of halogens is 1. The van der Waals surface area contributed by atoms with Crippen LogP contribution in [-0.4, -0.2) is 42.1 Å². The number of carbonyl (C=O) groups excluding carboxylic acids is 1. The van der Waals surface area contributed by atoms with E-state index in [1.165, 1.54) is 7.11 Å². The number of rotatable bonds is 4. The molecule has 2 atom stereocenters. The third kappa shape index (κ3) is 3.46. The summed E-state index contributed by atoms with van der Waals surface area (Å²) in [4.78, 5) is 26.2. The summed E-state index contributed by atoms with van der Waals surface area (Å²) in [6.07, 6.45) is 0. The topological polar surface area (TPSA) is 66.8 Å². The molecule has 1 fully saturated rings. The molecule has 0 saturated carbocycles. The second-order valence-corrected chi connectivity index (χ2v) is 6.45. The van der Waals surface area contributed by atoms with Gasteiger partial charge in [-0.3, -0.25) is 9.59 Å². The summed E-state index contributed by atoms with van der Waals surface area (Å²) in [5.74, 6) is -1.64. The van der Waals surface area contributed by atoms with Crippen molar-refractivity contribution in [3.05, 3.63) is 64.7 Å². The summed E-state index contributed by atoms with van der Waals surface area (Å²) < 4.78 is 5.24. The summed E-state index contributed by atoms with van der Waals surface area (Å²) in [5, 5.41) is 10.0. The number of amides is 1. The lowest BCUT2D eigenvalue weighted by Crippen LogP contribution is -2.30. The molecule has 6 heteroatoms. The van der Waals surface area contributed by atoms with Crippen LogP contribution in [-0.2, 0) is 4.79 Å². The van der Waals surface area contributed by atoms with Crippen LogP contribution in [0.1, 0.15) is 21.8 Å². The first kappa shape index (κ1) is 17.3. The SMILES string of the molecule is COc1ccc(Cl)cc1C(=O)N1CC(C(=O)O)C(c2ccccc2)C1. The molecule has 1 saturated heterocycles. The summed E-state index contributed by atoms with van der Waals surface area (Å²) >= 11 is 6.01. The number of benzene rings is 2. The van der Waals surface area contributed by atoms with Crippen molar-refractivity contribution in [1.82, 2.24) is 4.90 Å². The fourth-order valence-electron chi connectivity index (χ4n) is 3.28. The number of hydrogen-bond donors (Lipinski definition) is 1. The van der Waals surface area contributed by atoms with Crippen molar-refractivity contribution in [2.75, 3.05) is 20.2 Å². The molecule has 2 aromatic carbocycles. The van der Waals surface area contributed by atoms with E-state index in [0.29, 0.717) is 22.9 Å². The third-order valence-electron chi connectivity index (χ3n) is 4.54. The first-order chi connectivity index (χ1) is 12.0. The molecule has 0 aliphatic carbocycles.